The number of benzene rings is 1. The van der Waals surface area contributed by atoms with Gasteiger partial charge >= 0.3 is 0 Å². The van der Waals surface area contributed by atoms with Crippen LogP contribution >= 0.6 is 0 Å². The largest absolute Gasteiger partial charge is 0.496 e. The first-order valence-corrected chi connectivity index (χ1v) is 5.79. The Morgan fingerprint density at radius 3 is 2.41 bits per heavy atom. The normalized spacial score (nSPS) is 12.1. The van der Waals surface area contributed by atoms with Gasteiger partial charge in [0.15, 0.2) is 0 Å². The maximum atomic E-state index is 5.59. The van der Waals surface area contributed by atoms with Gasteiger partial charge in [0.2, 0.25) is 0 Å². The first kappa shape index (κ1) is 13.6. The second kappa shape index (κ2) is 6.35. The summed E-state index contributed by atoms with van der Waals surface area (Å²) >= 11 is 0. The smallest absolute Gasteiger partial charge is 0.142 e. The molecule has 3 N–H and O–H groups in total. The SMILES string of the molecule is COc1cc(NCC(C)CN)c(OC)cc1C. The van der Waals surface area contributed by atoms with E-state index in [1.165, 1.54) is 0 Å². The van der Waals surface area contributed by atoms with Crippen LogP contribution < -0.4 is 20.5 Å². The van der Waals surface area contributed by atoms with Crippen molar-refractivity contribution < 1.29 is 9.47 Å². The van der Waals surface area contributed by atoms with E-state index in [-0.39, 0.29) is 0 Å². The number of nitrogens with two attached hydrogens (primary N) is 1. The van der Waals surface area contributed by atoms with Crippen LogP contribution in [0.3, 0.4) is 0 Å². The summed E-state index contributed by atoms with van der Waals surface area (Å²) in [6, 6.07) is 3.92. The molecule has 0 spiro atoms. The summed E-state index contributed by atoms with van der Waals surface area (Å²) in [6.07, 6.45) is 0. The quantitative estimate of drug-likeness (QED) is 0.796. The molecule has 96 valence electrons. The Labute approximate surface area is 103 Å². The van der Waals surface area contributed by atoms with Crippen molar-refractivity contribution in [3.8, 4) is 11.5 Å². The van der Waals surface area contributed by atoms with Crippen molar-refractivity contribution in [3.05, 3.63) is 17.7 Å². The van der Waals surface area contributed by atoms with Crippen molar-refractivity contribution in [3.63, 3.8) is 0 Å². The van der Waals surface area contributed by atoms with E-state index in [0.717, 1.165) is 29.3 Å². The number of anilines is 1. The molecule has 17 heavy (non-hydrogen) atoms. The Bertz CT molecular complexity index is 367. The molecular formula is C13H22N2O2. The van der Waals surface area contributed by atoms with Gasteiger partial charge < -0.3 is 20.5 Å². The van der Waals surface area contributed by atoms with Crippen LogP contribution in [0.1, 0.15) is 12.5 Å². The van der Waals surface area contributed by atoms with E-state index in [2.05, 4.69) is 12.2 Å². The summed E-state index contributed by atoms with van der Waals surface area (Å²) in [6.45, 7) is 5.58. The number of aryl methyl sites for hydroxylation is 1. The van der Waals surface area contributed by atoms with Gasteiger partial charge in [0, 0.05) is 12.6 Å². The van der Waals surface area contributed by atoms with E-state index in [0.29, 0.717) is 12.5 Å². The molecule has 0 aliphatic heterocycles. The van der Waals surface area contributed by atoms with Crippen LogP contribution in [0, 0.1) is 12.8 Å². The molecule has 0 heterocycles. The zero-order valence-corrected chi connectivity index (χ0v) is 11.0. The zero-order valence-electron chi connectivity index (χ0n) is 11.0. The highest BCUT2D eigenvalue weighted by Crippen LogP contribution is 2.32. The molecule has 0 amide bonds. The Morgan fingerprint density at radius 2 is 1.88 bits per heavy atom. The zero-order chi connectivity index (χ0) is 12.8. The monoisotopic (exact) mass is 238 g/mol. The van der Waals surface area contributed by atoms with Gasteiger partial charge in [-0.2, -0.15) is 0 Å². The van der Waals surface area contributed by atoms with Crippen LogP contribution in [0.2, 0.25) is 0 Å². The Kier molecular flexibility index (Phi) is 5.10. The number of methoxy groups -OCH3 is 2. The maximum Gasteiger partial charge on any atom is 0.142 e. The molecule has 0 aliphatic carbocycles. The second-order valence-corrected chi connectivity index (χ2v) is 4.24. The van der Waals surface area contributed by atoms with Crippen molar-refractivity contribution in [1.82, 2.24) is 0 Å². The van der Waals surface area contributed by atoms with Gasteiger partial charge in [-0.25, -0.2) is 0 Å². The topological polar surface area (TPSA) is 56.5 Å². The highest BCUT2D eigenvalue weighted by atomic mass is 16.5. The summed E-state index contributed by atoms with van der Waals surface area (Å²) < 4.78 is 10.6. The van der Waals surface area contributed by atoms with Gasteiger partial charge in [0.05, 0.1) is 19.9 Å². The number of hydrogen-bond acceptors (Lipinski definition) is 4. The minimum atomic E-state index is 0.423. The van der Waals surface area contributed by atoms with E-state index in [9.17, 15) is 0 Å². The highest BCUT2D eigenvalue weighted by molar-refractivity contribution is 5.62. The minimum absolute atomic E-state index is 0.423. The van der Waals surface area contributed by atoms with E-state index in [4.69, 9.17) is 15.2 Å². The number of nitrogens with one attached hydrogen (secondary N) is 1. The predicted octanol–water partition coefficient (Wildman–Crippen LogP) is 2.02. The third kappa shape index (κ3) is 3.53. The summed E-state index contributed by atoms with van der Waals surface area (Å²) in [5, 5.41) is 3.33. The molecule has 1 aromatic carbocycles. The molecular weight excluding hydrogens is 216 g/mol. The predicted molar refractivity (Wildman–Crippen MR) is 71.0 cm³/mol. The summed E-state index contributed by atoms with van der Waals surface area (Å²) in [5.41, 5.74) is 7.59. The van der Waals surface area contributed by atoms with Gasteiger partial charge in [0.1, 0.15) is 11.5 Å². The molecule has 0 aliphatic rings. The molecule has 0 aromatic heterocycles. The second-order valence-electron chi connectivity index (χ2n) is 4.24. The van der Waals surface area contributed by atoms with Crippen LogP contribution in [0.4, 0.5) is 5.69 Å². The highest BCUT2D eigenvalue weighted by Gasteiger charge is 2.09. The molecule has 0 radical (unpaired) electrons. The average molecular weight is 238 g/mol. The van der Waals surface area contributed by atoms with Crippen LogP contribution in [-0.2, 0) is 0 Å². The number of rotatable bonds is 6. The fourth-order valence-electron chi connectivity index (χ4n) is 1.56. The third-order valence-corrected chi connectivity index (χ3v) is 2.76. The summed E-state index contributed by atoms with van der Waals surface area (Å²) in [5.74, 6) is 2.10. The Balaban J connectivity index is 2.88. The maximum absolute atomic E-state index is 5.59. The summed E-state index contributed by atoms with van der Waals surface area (Å²) in [4.78, 5) is 0. The van der Waals surface area contributed by atoms with Crippen LogP contribution in [0.15, 0.2) is 12.1 Å². The Hall–Kier alpha value is -1.42. The van der Waals surface area contributed by atoms with Gasteiger partial charge in [0.25, 0.3) is 0 Å². The van der Waals surface area contributed by atoms with Gasteiger partial charge in [-0.1, -0.05) is 6.92 Å². The third-order valence-electron chi connectivity index (χ3n) is 2.76. The molecule has 0 saturated carbocycles. The van der Waals surface area contributed by atoms with Crippen LogP contribution in [0.25, 0.3) is 0 Å². The Morgan fingerprint density at radius 1 is 1.24 bits per heavy atom. The van der Waals surface area contributed by atoms with E-state index < -0.39 is 0 Å². The van der Waals surface area contributed by atoms with E-state index in [1.807, 2.05) is 19.1 Å². The standard InChI is InChI=1S/C13H22N2O2/c1-9(7-14)8-15-11-6-12(16-3)10(2)5-13(11)17-4/h5-6,9,15H,7-8,14H2,1-4H3. The number of ether oxygens (including phenoxy) is 2. The fourth-order valence-corrected chi connectivity index (χ4v) is 1.56. The van der Waals surface area contributed by atoms with Crippen LogP contribution in [-0.4, -0.2) is 27.3 Å². The molecule has 1 aromatic rings. The molecule has 0 saturated heterocycles. The lowest BCUT2D eigenvalue weighted by Gasteiger charge is -2.16. The van der Waals surface area contributed by atoms with Crippen molar-refractivity contribution in [1.29, 1.82) is 0 Å². The lowest BCUT2D eigenvalue weighted by molar-refractivity contribution is 0.401. The molecule has 0 fully saturated rings. The van der Waals surface area contributed by atoms with Gasteiger partial charge in [-0.15, -0.1) is 0 Å². The first-order valence-electron chi connectivity index (χ1n) is 5.79. The van der Waals surface area contributed by atoms with Gasteiger partial charge in [-0.3, -0.25) is 0 Å². The average Bonchev–Trinajstić information content (AvgIpc) is 2.36. The van der Waals surface area contributed by atoms with E-state index in [1.54, 1.807) is 14.2 Å². The lowest BCUT2D eigenvalue weighted by Crippen LogP contribution is -2.20. The molecule has 4 nitrogen and oxygen atoms in total. The molecule has 1 rings (SSSR count). The van der Waals surface area contributed by atoms with E-state index >= 15 is 0 Å². The molecule has 4 heteroatoms. The fraction of sp³-hybridized carbons (Fsp3) is 0.538. The molecule has 0 bridgehead atoms. The van der Waals surface area contributed by atoms with Crippen molar-refractivity contribution >= 4 is 5.69 Å². The minimum Gasteiger partial charge on any atom is -0.496 e. The van der Waals surface area contributed by atoms with Crippen molar-refractivity contribution in [2.45, 2.75) is 13.8 Å². The summed E-state index contributed by atoms with van der Waals surface area (Å²) in [7, 11) is 3.33. The first-order chi connectivity index (χ1) is 8.12. The molecule has 1 atom stereocenters. The van der Waals surface area contributed by atoms with Crippen LogP contribution in [0.5, 0.6) is 11.5 Å². The number of hydrogen-bond donors (Lipinski definition) is 2. The van der Waals surface area contributed by atoms with Crippen molar-refractivity contribution in [2.75, 3.05) is 32.6 Å². The molecule has 1 unspecified atom stereocenters. The lowest BCUT2D eigenvalue weighted by atomic mass is 10.1. The van der Waals surface area contributed by atoms with Gasteiger partial charge in [-0.05, 0) is 31.0 Å². The van der Waals surface area contributed by atoms with Crippen molar-refractivity contribution in [2.24, 2.45) is 11.7 Å².